The number of thiophene rings is 1. The highest BCUT2D eigenvalue weighted by Gasteiger charge is 2.27. The Balaban J connectivity index is 1.46. The van der Waals surface area contributed by atoms with Crippen LogP contribution in [0.3, 0.4) is 0 Å². The van der Waals surface area contributed by atoms with Gasteiger partial charge in [0.2, 0.25) is 0 Å². The molecule has 1 aromatic carbocycles. The third kappa shape index (κ3) is 7.09. The Hall–Kier alpha value is -2.48. The Bertz CT molecular complexity index is 1200. The van der Waals surface area contributed by atoms with E-state index in [2.05, 4.69) is 17.6 Å². The van der Waals surface area contributed by atoms with Crippen LogP contribution in [0.1, 0.15) is 88.8 Å². The molecule has 0 fully saturated rings. The van der Waals surface area contributed by atoms with Gasteiger partial charge in [-0.2, -0.15) is 0 Å². The zero-order valence-corrected chi connectivity index (χ0v) is 23.3. The third-order valence-electron chi connectivity index (χ3n) is 6.38. The minimum atomic E-state index is -0.381. The van der Waals surface area contributed by atoms with Gasteiger partial charge in [0.25, 0.3) is 11.8 Å². The number of ether oxygens (including phenoxy) is 1. The van der Waals surface area contributed by atoms with Gasteiger partial charge in [0, 0.05) is 10.4 Å². The van der Waals surface area contributed by atoms with E-state index in [9.17, 15) is 9.59 Å². The Morgan fingerprint density at radius 3 is 2.54 bits per heavy atom. The number of aryl methyl sites for hydroxylation is 1. The minimum Gasteiger partial charge on any atom is -0.490 e. The van der Waals surface area contributed by atoms with E-state index in [0.29, 0.717) is 34.2 Å². The first-order chi connectivity index (χ1) is 18.0. The molecule has 6 nitrogen and oxygen atoms in total. The van der Waals surface area contributed by atoms with E-state index in [-0.39, 0.29) is 28.4 Å². The summed E-state index contributed by atoms with van der Waals surface area (Å²) in [7, 11) is 0. The van der Waals surface area contributed by atoms with Crippen molar-refractivity contribution in [3.8, 4) is 5.75 Å². The molecule has 1 aliphatic carbocycles. The standard InChI is InChI=1S/C28H32Cl2N2O4S/c1-2-3-4-5-8-13-36-25-21(29)15-18(16-22(25)30)26(33)32-28-24(20-11-6-7-12-23(20)37-28)27(34)31-17-19-10-9-14-35-19/h9-10,14-16H,2-8,11-13,17H2,1H3,(H,31,34)(H,32,33). The monoisotopic (exact) mass is 562 g/mol. The van der Waals surface area contributed by atoms with Crippen LogP contribution in [0.2, 0.25) is 10.0 Å². The molecule has 0 radical (unpaired) electrons. The van der Waals surface area contributed by atoms with Crippen LogP contribution in [0.25, 0.3) is 0 Å². The van der Waals surface area contributed by atoms with Crippen molar-refractivity contribution in [3.63, 3.8) is 0 Å². The van der Waals surface area contributed by atoms with Crippen LogP contribution in [-0.4, -0.2) is 18.4 Å². The highest BCUT2D eigenvalue weighted by atomic mass is 35.5. The molecule has 2 aromatic heterocycles. The van der Waals surface area contributed by atoms with Gasteiger partial charge in [-0.15, -0.1) is 11.3 Å². The van der Waals surface area contributed by atoms with Crippen molar-refractivity contribution in [3.05, 3.63) is 67.9 Å². The number of unbranched alkanes of at least 4 members (excludes halogenated alkanes) is 4. The molecule has 0 saturated carbocycles. The molecule has 9 heteroatoms. The third-order valence-corrected chi connectivity index (χ3v) is 8.15. The number of hydrogen-bond acceptors (Lipinski definition) is 5. The fourth-order valence-corrected chi connectivity index (χ4v) is 6.33. The lowest BCUT2D eigenvalue weighted by Crippen LogP contribution is -2.25. The normalized spacial score (nSPS) is 12.7. The molecule has 0 atom stereocenters. The summed E-state index contributed by atoms with van der Waals surface area (Å²) in [6, 6.07) is 6.69. The van der Waals surface area contributed by atoms with Gasteiger partial charge in [-0.3, -0.25) is 9.59 Å². The number of furan rings is 1. The first-order valence-corrected chi connectivity index (χ1v) is 14.4. The van der Waals surface area contributed by atoms with E-state index >= 15 is 0 Å². The zero-order valence-electron chi connectivity index (χ0n) is 21.0. The molecule has 2 heterocycles. The lowest BCUT2D eigenvalue weighted by atomic mass is 9.95. The minimum absolute atomic E-state index is 0.232. The van der Waals surface area contributed by atoms with Gasteiger partial charge in [0.05, 0.1) is 35.0 Å². The second kappa shape index (κ2) is 13.4. The van der Waals surface area contributed by atoms with E-state index in [4.69, 9.17) is 32.4 Å². The second-order valence-electron chi connectivity index (χ2n) is 9.16. The average molecular weight is 564 g/mol. The zero-order chi connectivity index (χ0) is 26.2. The highest BCUT2D eigenvalue weighted by molar-refractivity contribution is 7.17. The van der Waals surface area contributed by atoms with E-state index in [1.165, 1.54) is 30.6 Å². The number of hydrogen-bond donors (Lipinski definition) is 2. The van der Waals surface area contributed by atoms with Crippen molar-refractivity contribution in [2.75, 3.05) is 11.9 Å². The summed E-state index contributed by atoms with van der Waals surface area (Å²) >= 11 is 14.3. The van der Waals surface area contributed by atoms with Crippen LogP contribution in [0.4, 0.5) is 5.00 Å². The number of rotatable bonds is 12. The Labute approximate surface area is 231 Å². The maximum Gasteiger partial charge on any atom is 0.256 e. The van der Waals surface area contributed by atoms with Crippen LogP contribution in [0, 0.1) is 0 Å². The molecule has 2 N–H and O–H groups in total. The van der Waals surface area contributed by atoms with Gasteiger partial charge in [-0.1, -0.05) is 55.8 Å². The SMILES string of the molecule is CCCCCCCOc1c(Cl)cc(C(=O)Nc2sc3c(c2C(=O)NCc2ccco2)CCCC3)cc1Cl. The van der Waals surface area contributed by atoms with Gasteiger partial charge in [-0.25, -0.2) is 0 Å². The lowest BCUT2D eigenvalue weighted by Gasteiger charge is -2.14. The Kier molecular flexibility index (Phi) is 9.95. The first kappa shape index (κ1) is 27.6. The van der Waals surface area contributed by atoms with E-state index in [1.54, 1.807) is 30.5 Å². The summed E-state index contributed by atoms with van der Waals surface area (Å²) in [6.45, 7) is 2.97. The fourth-order valence-electron chi connectivity index (χ4n) is 4.45. The van der Waals surface area contributed by atoms with Gasteiger partial charge < -0.3 is 19.8 Å². The molecule has 0 bridgehead atoms. The number of nitrogens with one attached hydrogen (secondary N) is 2. The molecule has 1 aliphatic rings. The number of amides is 2. The number of fused-ring (bicyclic) bond motifs is 1. The number of halogens is 2. The van der Waals surface area contributed by atoms with Crippen LogP contribution in [-0.2, 0) is 19.4 Å². The van der Waals surface area contributed by atoms with Gasteiger partial charge in [0.1, 0.15) is 10.8 Å². The maximum absolute atomic E-state index is 13.2. The molecule has 2 amide bonds. The van der Waals surface area contributed by atoms with Gasteiger partial charge >= 0.3 is 0 Å². The van der Waals surface area contributed by atoms with Crippen LogP contribution in [0.15, 0.2) is 34.9 Å². The van der Waals surface area contributed by atoms with Crippen molar-refractivity contribution in [1.29, 1.82) is 0 Å². The van der Waals surface area contributed by atoms with Gasteiger partial charge in [-0.05, 0) is 61.9 Å². The van der Waals surface area contributed by atoms with Gasteiger partial charge in [0.15, 0.2) is 5.75 Å². The van der Waals surface area contributed by atoms with E-state index < -0.39 is 0 Å². The van der Waals surface area contributed by atoms with Crippen LogP contribution >= 0.6 is 34.5 Å². The fraction of sp³-hybridized carbons (Fsp3) is 0.429. The Morgan fingerprint density at radius 2 is 1.81 bits per heavy atom. The van der Waals surface area contributed by atoms with E-state index in [1.807, 2.05) is 0 Å². The molecule has 0 unspecified atom stereocenters. The average Bonchev–Trinajstić information content (AvgIpc) is 3.53. The van der Waals surface area contributed by atoms with E-state index in [0.717, 1.165) is 49.0 Å². The van der Waals surface area contributed by atoms with Crippen molar-refractivity contribution in [1.82, 2.24) is 5.32 Å². The highest BCUT2D eigenvalue weighted by Crippen LogP contribution is 2.39. The van der Waals surface area contributed by atoms with Crippen molar-refractivity contribution >= 4 is 51.4 Å². The molecular formula is C28H32Cl2N2O4S. The lowest BCUT2D eigenvalue weighted by molar-refractivity contribution is 0.0948. The predicted molar refractivity (Wildman–Crippen MR) is 150 cm³/mol. The van der Waals surface area contributed by atoms with Crippen molar-refractivity contribution in [2.24, 2.45) is 0 Å². The summed E-state index contributed by atoms with van der Waals surface area (Å²) in [5, 5.41) is 6.96. The summed E-state index contributed by atoms with van der Waals surface area (Å²) < 4.78 is 11.1. The number of carbonyl (C=O) groups is 2. The number of anilines is 1. The quantitative estimate of drug-likeness (QED) is 0.219. The molecule has 0 aliphatic heterocycles. The summed E-state index contributed by atoms with van der Waals surface area (Å²) in [5.74, 6) is 0.439. The predicted octanol–water partition coefficient (Wildman–Crippen LogP) is 8.06. The molecular weight excluding hydrogens is 531 g/mol. The summed E-state index contributed by atoms with van der Waals surface area (Å²) in [6.07, 6.45) is 11.0. The molecule has 0 saturated heterocycles. The second-order valence-corrected chi connectivity index (χ2v) is 11.1. The number of benzene rings is 1. The maximum atomic E-state index is 13.2. The van der Waals surface area contributed by atoms with Crippen LogP contribution < -0.4 is 15.4 Å². The number of carbonyl (C=O) groups excluding carboxylic acids is 2. The Morgan fingerprint density at radius 1 is 1.05 bits per heavy atom. The topological polar surface area (TPSA) is 80.6 Å². The first-order valence-electron chi connectivity index (χ1n) is 12.9. The largest absolute Gasteiger partial charge is 0.490 e. The smallest absolute Gasteiger partial charge is 0.256 e. The summed E-state index contributed by atoms with van der Waals surface area (Å²) in [4.78, 5) is 27.5. The van der Waals surface area contributed by atoms with Crippen molar-refractivity contribution in [2.45, 2.75) is 71.3 Å². The van der Waals surface area contributed by atoms with Crippen molar-refractivity contribution < 1.29 is 18.7 Å². The molecule has 3 aromatic rings. The molecule has 198 valence electrons. The molecule has 0 spiro atoms. The summed E-state index contributed by atoms with van der Waals surface area (Å²) in [5.41, 5.74) is 1.85. The molecule has 4 rings (SSSR count). The van der Waals surface area contributed by atoms with Crippen LogP contribution in [0.5, 0.6) is 5.75 Å². The molecule has 37 heavy (non-hydrogen) atoms.